The Morgan fingerprint density at radius 1 is 1.26 bits per heavy atom. The summed E-state index contributed by atoms with van der Waals surface area (Å²) in [5, 5.41) is 6.49. The largest absolute Gasteiger partial charge is 0.418 e. The van der Waals surface area contributed by atoms with E-state index in [0.29, 0.717) is 19.4 Å². The summed E-state index contributed by atoms with van der Waals surface area (Å²) in [5.74, 6) is -0.872. The van der Waals surface area contributed by atoms with E-state index >= 15 is 0 Å². The predicted octanol–water partition coefficient (Wildman–Crippen LogP) is 1.71. The molecule has 1 atom stereocenters. The monoisotopic (exact) mass is 458 g/mol. The number of hydrogen-bond donors (Lipinski definition) is 1. The van der Waals surface area contributed by atoms with Crippen molar-refractivity contribution in [2.45, 2.75) is 32.0 Å². The Bertz CT molecular complexity index is 1160. The van der Waals surface area contributed by atoms with Crippen LogP contribution in [0.25, 0.3) is 5.69 Å². The number of aromatic nitrogens is 2. The van der Waals surface area contributed by atoms with E-state index < -0.39 is 44.8 Å². The third kappa shape index (κ3) is 5.13. The molecule has 0 aliphatic carbocycles. The lowest BCUT2D eigenvalue weighted by Gasteiger charge is -2.31. The van der Waals surface area contributed by atoms with E-state index in [0.717, 1.165) is 23.1 Å². The lowest BCUT2D eigenvalue weighted by molar-refractivity contribution is -0.137. The first-order chi connectivity index (χ1) is 14.4. The van der Waals surface area contributed by atoms with E-state index in [4.69, 9.17) is 0 Å². The molecule has 1 aliphatic rings. The second kappa shape index (κ2) is 8.42. The molecule has 1 aliphatic heterocycles. The van der Waals surface area contributed by atoms with Crippen molar-refractivity contribution in [2.75, 3.05) is 19.3 Å². The standard InChI is InChI=1S/C19H21F3N4O4S/c1-12-10-16(27)17(18(28)23-13-6-5-9-25(11-13)31(2,29)30)24-26(12)15-8-4-3-7-14(15)19(20,21)22/h3-4,7-8,10,13H,5-6,9,11H2,1-2H3,(H,23,28). The molecule has 3 rings (SSSR count). The molecule has 0 bridgehead atoms. The van der Waals surface area contributed by atoms with Gasteiger partial charge in [0.25, 0.3) is 5.91 Å². The Hall–Kier alpha value is -2.73. The van der Waals surface area contributed by atoms with Crippen LogP contribution in [-0.2, 0) is 16.2 Å². The first kappa shape index (κ1) is 22.9. The van der Waals surface area contributed by atoms with Gasteiger partial charge in [0.05, 0.1) is 17.5 Å². The number of piperidine rings is 1. The third-order valence-electron chi connectivity index (χ3n) is 4.95. The first-order valence-corrected chi connectivity index (χ1v) is 11.3. The Balaban J connectivity index is 1.94. The molecule has 31 heavy (non-hydrogen) atoms. The number of hydrogen-bond acceptors (Lipinski definition) is 5. The number of sulfonamides is 1. The van der Waals surface area contributed by atoms with Gasteiger partial charge in [-0.05, 0) is 31.9 Å². The summed E-state index contributed by atoms with van der Waals surface area (Å²) in [6, 6.07) is 5.20. The molecular weight excluding hydrogens is 437 g/mol. The molecule has 1 fully saturated rings. The Kier molecular flexibility index (Phi) is 6.23. The zero-order valence-corrected chi connectivity index (χ0v) is 17.6. The molecule has 2 heterocycles. The van der Waals surface area contributed by atoms with Crippen LogP contribution < -0.4 is 10.7 Å². The minimum Gasteiger partial charge on any atom is -0.346 e. The number of para-hydroxylation sites is 1. The van der Waals surface area contributed by atoms with Gasteiger partial charge in [0.1, 0.15) is 0 Å². The van der Waals surface area contributed by atoms with Crippen LogP contribution in [0, 0.1) is 6.92 Å². The van der Waals surface area contributed by atoms with E-state index in [9.17, 15) is 31.2 Å². The molecule has 1 N–H and O–H groups in total. The van der Waals surface area contributed by atoms with Gasteiger partial charge in [-0.1, -0.05) is 12.1 Å². The number of alkyl halides is 3. The van der Waals surface area contributed by atoms with Gasteiger partial charge in [-0.25, -0.2) is 17.4 Å². The molecule has 8 nitrogen and oxygen atoms in total. The quantitative estimate of drug-likeness (QED) is 0.752. The zero-order valence-electron chi connectivity index (χ0n) is 16.8. The summed E-state index contributed by atoms with van der Waals surface area (Å²) < 4.78 is 65.9. The summed E-state index contributed by atoms with van der Waals surface area (Å²) >= 11 is 0. The minimum absolute atomic E-state index is 0.0432. The molecule has 1 aromatic carbocycles. The highest BCUT2D eigenvalue weighted by Crippen LogP contribution is 2.33. The van der Waals surface area contributed by atoms with Crippen molar-refractivity contribution in [1.29, 1.82) is 0 Å². The van der Waals surface area contributed by atoms with E-state index in [1.807, 2.05) is 0 Å². The van der Waals surface area contributed by atoms with Crippen LogP contribution in [-0.4, -0.2) is 53.8 Å². The molecule has 1 aromatic heterocycles. The maximum Gasteiger partial charge on any atom is 0.418 e. The molecule has 0 saturated carbocycles. The number of amides is 1. The van der Waals surface area contributed by atoms with E-state index in [-0.39, 0.29) is 17.9 Å². The van der Waals surface area contributed by atoms with Crippen molar-refractivity contribution in [2.24, 2.45) is 0 Å². The summed E-state index contributed by atoms with van der Waals surface area (Å²) in [5.41, 5.74) is -2.47. The fourth-order valence-electron chi connectivity index (χ4n) is 3.46. The summed E-state index contributed by atoms with van der Waals surface area (Å²) in [7, 11) is -3.44. The fraction of sp³-hybridized carbons (Fsp3) is 0.421. The van der Waals surface area contributed by atoms with E-state index in [2.05, 4.69) is 10.4 Å². The van der Waals surface area contributed by atoms with E-state index in [1.54, 1.807) is 0 Å². The Labute approximate surface area is 176 Å². The molecule has 1 saturated heterocycles. The third-order valence-corrected chi connectivity index (χ3v) is 6.22. The van der Waals surface area contributed by atoms with Crippen LogP contribution in [0.2, 0.25) is 0 Å². The van der Waals surface area contributed by atoms with Crippen LogP contribution in [0.4, 0.5) is 13.2 Å². The number of carbonyl (C=O) groups excluding carboxylic acids is 1. The Morgan fingerprint density at radius 3 is 2.58 bits per heavy atom. The van der Waals surface area contributed by atoms with Gasteiger partial charge < -0.3 is 5.32 Å². The average Bonchev–Trinajstić information content (AvgIpc) is 2.67. The number of carbonyl (C=O) groups is 1. The van der Waals surface area contributed by atoms with Crippen molar-refractivity contribution in [3.05, 3.63) is 57.5 Å². The van der Waals surface area contributed by atoms with Gasteiger partial charge in [0.2, 0.25) is 15.5 Å². The van der Waals surface area contributed by atoms with Gasteiger partial charge in [0, 0.05) is 30.9 Å². The molecule has 168 valence electrons. The van der Waals surface area contributed by atoms with Crippen LogP contribution in [0.3, 0.4) is 0 Å². The maximum absolute atomic E-state index is 13.4. The van der Waals surface area contributed by atoms with Gasteiger partial charge in [-0.15, -0.1) is 0 Å². The average molecular weight is 458 g/mol. The summed E-state index contributed by atoms with van der Waals surface area (Å²) in [6.45, 7) is 1.78. The zero-order chi connectivity index (χ0) is 23.0. The number of halogens is 3. The second-order valence-electron chi connectivity index (χ2n) is 7.36. The maximum atomic E-state index is 13.4. The topological polar surface area (TPSA) is 101 Å². The van der Waals surface area contributed by atoms with Crippen molar-refractivity contribution in [3.8, 4) is 5.69 Å². The van der Waals surface area contributed by atoms with Gasteiger partial charge >= 0.3 is 6.18 Å². The highest BCUT2D eigenvalue weighted by atomic mass is 32.2. The lowest BCUT2D eigenvalue weighted by Crippen LogP contribution is -2.50. The van der Waals surface area contributed by atoms with E-state index in [1.165, 1.54) is 29.4 Å². The molecule has 1 unspecified atom stereocenters. The molecular formula is C19H21F3N4O4S. The second-order valence-corrected chi connectivity index (χ2v) is 9.34. The van der Waals surface area contributed by atoms with Crippen molar-refractivity contribution in [3.63, 3.8) is 0 Å². The van der Waals surface area contributed by atoms with Gasteiger partial charge in [-0.3, -0.25) is 9.59 Å². The van der Waals surface area contributed by atoms with Crippen LogP contribution in [0.5, 0.6) is 0 Å². The smallest absolute Gasteiger partial charge is 0.346 e. The number of aryl methyl sites for hydroxylation is 1. The normalized spacial score (nSPS) is 18.0. The minimum atomic E-state index is -4.66. The predicted molar refractivity (Wildman–Crippen MR) is 106 cm³/mol. The summed E-state index contributed by atoms with van der Waals surface area (Å²) in [4.78, 5) is 25.0. The van der Waals surface area contributed by atoms with Gasteiger partial charge in [0.15, 0.2) is 5.69 Å². The van der Waals surface area contributed by atoms with Gasteiger partial charge in [-0.2, -0.15) is 18.3 Å². The molecule has 2 aromatic rings. The fourth-order valence-corrected chi connectivity index (χ4v) is 4.37. The molecule has 0 radical (unpaired) electrons. The number of benzene rings is 1. The summed E-state index contributed by atoms with van der Waals surface area (Å²) in [6.07, 6.45) is -2.58. The van der Waals surface area contributed by atoms with Crippen molar-refractivity contribution in [1.82, 2.24) is 19.4 Å². The number of nitrogens with zero attached hydrogens (tertiary/aromatic N) is 3. The van der Waals surface area contributed by atoms with Crippen molar-refractivity contribution >= 4 is 15.9 Å². The number of nitrogens with one attached hydrogen (secondary N) is 1. The first-order valence-electron chi connectivity index (χ1n) is 9.41. The van der Waals surface area contributed by atoms with Crippen LogP contribution in [0.1, 0.15) is 34.6 Å². The highest BCUT2D eigenvalue weighted by Gasteiger charge is 2.34. The highest BCUT2D eigenvalue weighted by molar-refractivity contribution is 7.88. The number of rotatable bonds is 4. The molecule has 12 heteroatoms. The molecule has 0 spiro atoms. The Morgan fingerprint density at radius 2 is 1.94 bits per heavy atom. The van der Waals surface area contributed by atoms with Crippen LogP contribution >= 0.6 is 0 Å². The SMILES string of the molecule is Cc1cc(=O)c(C(=O)NC2CCCN(S(C)(=O)=O)C2)nn1-c1ccccc1C(F)(F)F. The van der Waals surface area contributed by atoms with Crippen LogP contribution in [0.15, 0.2) is 35.1 Å². The molecule has 1 amide bonds. The van der Waals surface area contributed by atoms with Crippen molar-refractivity contribution < 1.29 is 26.4 Å². The lowest BCUT2D eigenvalue weighted by atomic mass is 10.1.